The van der Waals surface area contributed by atoms with Gasteiger partial charge in [-0.3, -0.25) is 19.4 Å². The Bertz CT molecular complexity index is 1110. The lowest BCUT2D eigenvalue weighted by Gasteiger charge is -2.33. The minimum absolute atomic E-state index is 0.160. The molecule has 41 heavy (non-hydrogen) atoms. The van der Waals surface area contributed by atoms with E-state index in [4.69, 9.17) is 25.5 Å². The fourth-order valence-corrected chi connectivity index (χ4v) is 4.24. The first-order valence-corrected chi connectivity index (χ1v) is 12.3. The summed E-state index contributed by atoms with van der Waals surface area (Å²) in [7, 11) is 0. The third kappa shape index (κ3) is 11.2. The lowest BCUT2D eigenvalue weighted by Crippen LogP contribution is -2.39. The number of rotatable bonds is 6. The molecule has 0 unspecified atom stereocenters. The second kappa shape index (κ2) is 14.6. The molecule has 2 aromatic heterocycles. The molecule has 1 atom stereocenters. The van der Waals surface area contributed by atoms with Crippen LogP contribution in [0.25, 0.3) is 0 Å². The number of piperidine rings is 1. The number of alkyl halides is 6. The molecule has 2 aliphatic heterocycles. The minimum Gasteiger partial charge on any atom is -0.475 e. The van der Waals surface area contributed by atoms with E-state index in [1.807, 2.05) is 23.3 Å². The fraction of sp³-hybridized carbons (Fsp3) is 0.565. The zero-order valence-electron chi connectivity index (χ0n) is 21.6. The molecule has 2 fully saturated rings. The van der Waals surface area contributed by atoms with Gasteiger partial charge in [-0.25, -0.2) is 9.59 Å². The second-order valence-electron chi connectivity index (χ2n) is 9.20. The number of carbonyl (C=O) groups excluding carboxylic acids is 1. The summed E-state index contributed by atoms with van der Waals surface area (Å²) in [6.45, 7) is 4.56. The third-order valence-electron chi connectivity index (χ3n) is 6.22. The molecule has 0 radical (unpaired) electrons. The van der Waals surface area contributed by atoms with Crippen LogP contribution in [0.3, 0.4) is 0 Å². The van der Waals surface area contributed by atoms with Crippen molar-refractivity contribution >= 4 is 23.5 Å². The molecule has 4 N–H and O–H groups in total. The molecular weight excluding hydrogens is 568 g/mol. The van der Waals surface area contributed by atoms with Gasteiger partial charge in [0.25, 0.3) is 0 Å². The van der Waals surface area contributed by atoms with Crippen molar-refractivity contribution in [1.82, 2.24) is 24.9 Å². The van der Waals surface area contributed by atoms with Crippen molar-refractivity contribution in [3.8, 4) is 0 Å². The Balaban J connectivity index is 0.000000349. The van der Waals surface area contributed by atoms with Gasteiger partial charge in [0.2, 0.25) is 5.91 Å². The molecule has 0 bridgehead atoms. The number of pyridine rings is 1. The second-order valence-corrected chi connectivity index (χ2v) is 9.20. The largest absolute Gasteiger partial charge is 0.490 e. The van der Waals surface area contributed by atoms with Crippen LogP contribution in [-0.2, 0) is 27.5 Å². The molecule has 2 aromatic rings. The summed E-state index contributed by atoms with van der Waals surface area (Å²) in [5.41, 5.74) is 7.66. The fourth-order valence-electron chi connectivity index (χ4n) is 4.24. The van der Waals surface area contributed by atoms with Crippen molar-refractivity contribution in [2.45, 2.75) is 57.2 Å². The number of carboxylic acid groups (broad SMARTS) is 2. The summed E-state index contributed by atoms with van der Waals surface area (Å²) in [6.07, 6.45) is -0.299. The maximum Gasteiger partial charge on any atom is 0.490 e. The molecule has 4 rings (SSSR count). The number of anilines is 1. The van der Waals surface area contributed by atoms with E-state index in [9.17, 15) is 31.1 Å². The molecule has 2 aliphatic rings. The number of halogens is 6. The predicted molar refractivity (Wildman–Crippen MR) is 129 cm³/mol. The third-order valence-corrected chi connectivity index (χ3v) is 6.22. The Labute approximate surface area is 229 Å². The van der Waals surface area contributed by atoms with Gasteiger partial charge in [-0.2, -0.15) is 26.3 Å². The van der Waals surface area contributed by atoms with E-state index in [2.05, 4.69) is 37.2 Å². The van der Waals surface area contributed by atoms with Crippen LogP contribution in [0, 0.1) is 5.92 Å². The predicted octanol–water partition coefficient (Wildman–Crippen LogP) is 2.31. The van der Waals surface area contributed by atoms with Gasteiger partial charge in [-0.05, 0) is 50.3 Å². The van der Waals surface area contributed by atoms with Crippen molar-refractivity contribution in [2.75, 3.05) is 24.5 Å². The van der Waals surface area contributed by atoms with Gasteiger partial charge < -0.3 is 20.8 Å². The maximum atomic E-state index is 11.5. The van der Waals surface area contributed by atoms with Gasteiger partial charge in [0.1, 0.15) is 0 Å². The average Bonchev–Trinajstić information content (AvgIpc) is 3.54. The van der Waals surface area contributed by atoms with E-state index in [1.165, 1.54) is 5.69 Å². The van der Waals surface area contributed by atoms with Crippen molar-refractivity contribution in [3.63, 3.8) is 0 Å². The van der Waals surface area contributed by atoms with Gasteiger partial charge in [0, 0.05) is 50.5 Å². The van der Waals surface area contributed by atoms with Crippen LogP contribution in [-0.4, -0.2) is 91.0 Å². The maximum absolute atomic E-state index is 11.5. The van der Waals surface area contributed by atoms with Gasteiger partial charge in [-0.15, -0.1) is 5.10 Å². The summed E-state index contributed by atoms with van der Waals surface area (Å²) in [4.78, 5) is 37.9. The Morgan fingerprint density at radius 2 is 1.46 bits per heavy atom. The normalized spacial score (nSPS) is 18.1. The Kier molecular flexibility index (Phi) is 11.8. The first-order chi connectivity index (χ1) is 19.1. The number of hydrogen-bond acceptors (Lipinski definition) is 8. The van der Waals surface area contributed by atoms with E-state index in [0.717, 1.165) is 57.6 Å². The molecular formula is C23H29F6N7O5. The highest BCUT2D eigenvalue weighted by Crippen LogP contribution is 2.24. The number of hydrogen-bond donors (Lipinski definition) is 3. The monoisotopic (exact) mass is 597 g/mol. The van der Waals surface area contributed by atoms with E-state index >= 15 is 0 Å². The standard InChI is InChI=1S/C19H27N7O.2C2HF3O2/c20-19(27)18-2-1-9-25(18)13-16-14-26(23-22-16)12-15-5-10-24(11-6-15)17-3-7-21-8-4-17;2*3-2(4,5)1(6)7/h3-4,7-8,14-15,18H,1-2,5-6,9-13H2,(H2,20,27);2*(H,6,7)/t18-;;/m0../s1. The SMILES string of the molecule is NC(=O)[C@@H]1CCCN1Cc1cn(CC2CCN(c3ccncc3)CC2)nn1.O=C(O)C(F)(F)F.O=C(O)C(F)(F)F. The number of likely N-dealkylation sites (tertiary alicyclic amines) is 1. The van der Waals surface area contributed by atoms with Crippen LogP contribution in [0.4, 0.5) is 32.0 Å². The van der Waals surface area contributed by atoms with Crippen molar-refractivity contribution in [1.29, 1.82) is 0 Å². The van der Waals surface area contributed by atoms with E-state index in [1.54, 1.807) is 0 Å². The number of carboxylic acids is 2. The number of amides is 1. The summed E-state index contributed by atoms with van der Waals surface area (Å²) < 4.78 is 65.4. The van der Waals surface area contributed by atoms with Crippen LogP contribution in [0.15, 0.2) is 30.7 Å². The molecule has 228 valence electrons. The molecule has 2 saturated heterocycles. The number of aromatic nitrogens is 4. The van der Waals surface area contributed by atoms with E-state index < -0.39 is 24.3 Å². The zero-order chi connectivity index (χ0) is 30.8. The highest BCUT2D eigenvalue weighted by Gasteiger charge is 2.39. The Morgan fingerprint density at radius 3 is 1.95 bits per heavy atom. The highest BCUT2D eigenvalue weighted by molar-refractivity contribution is 5.80. The molecule has 0 saturated carbocycles. The molecule has 18 heteroatoms. The number of carbonyl (C=O) groups is 3. The molecule has 0 aromatic carbocycles. The lowest BCUT2D eigenvalue weighted by molar-refractivity contribution is -0.193. The van der Waals surface area contributed by atoms with Crippen LogP contribution in [0.1, 0.15) is 31.4 Å². The molecule has 0 spiro atoms. The first kappa shape index (κ1) is 33.2. The quantitative estimate of drug-likeness (QED) is 0.421. The van der Waals surface area contributed by atoms with E-state index in [-0.39, 0.29) is 11.9 Å². The van der Waals surface area contributed by atoms with Gasteiger partial charge in [0.15, 0.2) is 0 Å². The molecule has 0 aliphatic carbocycles. The van der Waals surface area contributed by atoms with Crippen LogP contribution in [0.2, 0.25) is 0 Å². The molecule has 1 amide bonds. The van der Waals surface area contributed by atoms with Crippen LogP contribution in [0.5, 0.6) is 0 Å². The van der Waals surface area contributed by atoms with Crippen molar-refractivity contribution < 1.29 is 50.9 Å². The minimum atomic E-state index is -5.08. The summed E-state index contributed by atoms with van der Waals surface area (Å²) >= 11 is 0. The van der Waals surface area contributed by atoms with Crippen LogP contribution >= 0.6 is 0 Å². The van der Waals surface area contributed by atoms with Gasteiger partial charge in [-0.1, -0.05) is 5.21 Å². The summed E-state index contributed by atoms with van der Waals surface area (Å²) in [5, 5.41) is 22.9. The first-order valence-electron chi connectivity index (χ1n) is 12.3. The summed E-state index contributed by atoms with van der Waals surface area (Å²) in [5.74, 6) is -5.14. The van der Waals surface area contributed by atoms with Gasteiger partial charge >= 0.3 is 24.3 Å². The number of nitrogens with zero attached hydrogens (tertiary/aromatic N) is 6. The van der Waals surface area contributed by atoms with Crippen molar-refractivity contribution in [2.24, 2.45) is 11.7 Å². The lowest BCUT2D eigenvalue weighted by atomic mass is 9.96. The number of primary amides is 1. The average molecular weight is 598 g/mol. The molecule has 4 heterocycles. The van der Waals surface area contributed by atoms with Crippen LogP contribution < -0.4 is 10.6 Å². The highest BCUT2D eigenvalue weighted by atomic mass is 19.4. The Morgan fingerprint density at radius 1 is 0.927 bits per heavy atom. The summed E-state index contributed by atoms with van der Waals surface area (Å²) in [6, 6.07) is 3.98. The number of nitrogens with two attached hydrogens (primary N) is 1. The zero-order valence-corrected chi connectivity index (χ0v) is 21.6. The Hall–Kier alpha value is -3.96. The molecule has 12 nitrogen and oxygen atoms in total. The van der Waals surface area contributed by atoms with Gasteiger partial charge in [0.05, 0.1) is 11.7 Å². The number of aliphatic carboxylic acids is 2. The topological polar surface area (TPSA) is 168 Å². The van der Waals surface area contributed by atoms with Crippen molar-refractivity contribution in [3.05, 3.63) is 36.4 Å². The van der Waals surface area contributed by atoms with E-state index in [0.29, 0.717) is 12.5 Å². The smallest absolute Gasteiger partial charge is 0.475 e.